The van der Waals surface area contributed by atoms with Crippen LogP contribution in [0.2, 0.25) is 0 Å². The van der Waals surface area contributed by atoms with Gasteiger partial charge in [0.25, 0.3) is 0 Å². The summed E-state index contributed by atoms with van der Waals surface area (Å²) in [6, 6.07) is 16.0. The molecule has 0 amide bonds. The maximum atomic E-state index is 9.09. The molecule has 2 aromatic rings. The molecule has 0 aliphatic heterocycles. The van der Waals surface area contributed by atoms with E-state index in [-0.39, 0.29) is 12.6 Å². The van der Waals surface area contributed by atoms with Crippen molar-refractivity contribution in [3.63, 3.8) is 0 Å². The molecule has 0 saturated heterocycles. The Labute approximate surface area is 102 Å². The molecule has 3 N–H and O–H groups in total. The van der Waals surface area contributed by atoms with Crippen LogP contribution in [0.1, 0.15) is 17.2 Å². The van der Waals surface area contributed by atoms with Crippen LogP contribution in [0.3, 0.4) is 0 Å². The average Bonchev–Trinajstić information content (AvgIpc) is 2.39. The monoisotopic (exact) mass is 227 g/mol. The quantitative estimate of drug-likeness (QED) is 0.846. The van der Waals surface area contributed by atoms with Crippen molar-refractivity contribution in [2.45, 2.75) is 13.0 Å². The molecule has 17 heavy (non-hydrogen) atoms. The van der Waals surface area contributed by atoms with Gasteiger partial charge in [-0.2, -0.15) is 0 Å². The Bertz CT molecular complexity index is 494. The molecule has 0 fully saturated rings. The molecule has 0 aliphatic carbocycles. The summed E-state index contributed by atoms with van der Waals surface area (Å²) in [6.45, 7) is 2.05. The van der Waals surface area contributed by atoms with Gasteiger partial charge in [0, 0.05) is 0 Å². The minimum Gasteiger partial charge on any atom is -0.394 e. The standard InChI is InChI=1S/C15H17NO/c1-11-7-8-13(15(16)10-17)9-14(11)12-5-3-2-4-6-12/h2-9,15,17H,10,16H2,1H3. The Morgan fingerprint density at radius 1 is 1.12 bits per heavy atom. The molecule has 2 heteroatoms. The minimum atomic E-state index is -0.307. The molecule has 2 nitrogen and oxygen atoms in total. The summed E-state index contributed by atoms with van der Waals surface area (Å²) < 4.78 is 0. The van der Waals surface area contributed by atoms with Crippen molar-refractivity contribution in [3.8, 4) is 11.1 Å². The van der Waals surface area contributed by atoms with E-state index >= 15 is 0 Å². The second-order valence-electron chi connectivity index (χ2n) is 4.23. The van der Waals surface area contributed by atoms with Crippen LogP contribution in [0, 0.1) is 6.92 Å². The SMILES string of the molecule is Cc1ccc(C(N)CO)cc1-c1ccccc1. The predicted molar refractivity (Wildman–Crippen MR) is 70.6 cm³/mol. The Balaban J connectivity index is 2.47. The van der Waals surface area contributed by atoms with Crippen LogP contribution >= 0.6 is 0 Å². The Morgan fingerprint density at radius 3 is 2.47 bits per heavy atom. The summed E-state index contributed by atoms with van der Waals surface area (Å²) >= 11 is 0. The lowest BCUT2D eigenvalue weighted by Gasteiger charge is -2.13. The van der Waals surface area contributed by atoms with E-state index in [0.717, 1.165) is 5.56 Å². The van der Waals surface area contributed by atoms with E-state index in [1.54, 1.807) is 0 Å². The van der Waals surface area contributed by atoms with Gasteiger partial charge >= 0.3 is 0 Å². The highest BCUT2D eigenvalue weighted by atomic mass is 16.3. The maximum Gasteiger partial charge on any atom is 0.0624 e. The van der Waals surface area contributed by atoms with Crippen molar-refractivity contribution < 1.29 is 5.11 Å². The second kappa shape index (κ2) is 5.13. The molecule has 0 radical (unpaired) electrons. The number of aliphatic hydroxyl groups excluding tert-OH is 1. The zero-order valence-corrected chi connectivity index (χ0v) is 9.93. The van der Waals surface area contributed by atoms with Gasteiger partial charge in [0.05, 0.1) is 12.6 Å². The molecular formula is C15H17NO. The zero-order valence-electron chi connectivity index (χ0n) is 9.93. The molecule has 0 aromatic heterocycles. The van der Waals surface area contributed by atoms with Gasteiger partial charge in [0.15, 0.2) is 0 Å². The van der Waals surface area contributed by atoms with Gasteiger partial charge in [-0.05, 0) is 35.2 Å². The second-order valence-corrected chi connectivity index (χ2v) is 4.23. The first-order chi connectivity index (χ1) is 8.22. The summed E-state index contributed by atoms with van der Waals surface area (Å²) in [6.07, 6.45) is 0. The van der Waals surface area contributed by atoms with Crippen molar-refractivity contribution >= 4 is 0 Å². The Kier molecular flexibility index (Phi) is 3.57. The van der Waals surface area contributed by atoms with Crippen LogP contribution in [0.4, 0.5) is 0 Å². The number of nitrogens with two attached hydrogens (primary N) is 1. The molecule has 1 unspecified atom stereocenters. The number of aliphatic hydroxyl groups is 1. The van der Waals surface area contributed by atoms with Crippen molar-refractivity contribution in [3.05, 3.63) is 59.7 Å². The van der Waals surface area contributed by atoms with Gasteiger partial charge in [-0.3, -0.25) is 0 Å². The van der Waals surface area contributed by atoms with Gasteiger partial charge in [-0.15, -0.1) is 0 Å². The van der Waals surface area contributed by atoms with Gasteiger partial charge in [-0.25, -0.2) is 0 Å². The smallest absolute Gasteiger partial charge is 0.0624 e. The Morgan fingerprint density at radius 2 is 1.82 bits per heavy atom. The van der Waals surface area contributed by atoms with Gasteiger partial charge in [-0.1, -0.05) is 42.5 Å². The summed E-state index contributed by atoms with van der Waals surface area (Å²) in [5.41, 5.74) is 10.4. The normalized spacial score (nSPS) is 12.4. The number of hydrogen-bond donors (Lipinski definition) is 2. The fourth-order valence-corrected chi connectivity index (χ4v) is 1.90. The van der Waals surface area contributed by atoms with Crippen LogP contribution in [-0.4, -0.2) is 11.7 Å². The van der Waals surface area contributed by atoms with E-state index in [2.05, 4.69) is 25.1 Å². The largest absolute Gasteiger partial charge is 0.394 e. The first-order valence-electron chi connectivity index (χ1n) is 5.75. The van der Waals surface area contributed by atoms with Crippen LogP contribution < -0.4 is 5.73 Å². The van der Waals surface area contributed by atoms with Crippen LogP contribution in [0.25, 0.3) is 11.1 Å². The molecule has 2 aromatic carbocycles. The lowest BCUT2D eigenvalue weighted by molar-refractivity contribution is 0.268. The summed E-state index contributed by atoms with van der Waals surface area (Å²) in [5.74, 6) is 0. The van der Waals surface area contributed by atoms with Gasteiger partial charge < -0.3 is 10.8 Å². The first-order valence-corrected chi connectivity index (χ1v) is 5.75. The predicted octanol–water partition coefficient (Wildman–Crippen LogP) is 2.65. The van der Waals surface area contributed by atoms with E-state index in [4.69, 9.17) is 10.8 Å². The topological polar surface area (TPSA) is 46.2 Å². The van der Waals surface area contributed by atoms with Crippen molar-refractivity contribution in [1.29, 1.82) is 0 Å². The van der Waals surface area contributed by atoms with E-state index in [0.29, 0.717) is 0 Å². The van der Waals surface area contributed by atoms with Gasteiger partial charge in [0.1, 0.15) is 0 Å². The number of benzene rings is 2. The molecule has 2 rings (SSSR count). The van der Waals surface area contributed by atoms with Crippen molar-refractivity contribution in [1.82, 2.24) is 0 Å². The lowest BCUT2D eigenvalue weighted by Crippen LogP contribution is -2.14. The van der Waals surface area contributed by atoms with E-state index in [1.165, 1.54) is 16.7 Å². The lowest BCUT2D eigenvalue weighted by atomic mass is 9.96. The molecule has 0 heterocycles. The van der Waals surface area contributed by atoms with Gasteiger partial charge in [0.2, 0.25) is 0 Å². The zero-order chi connectivity index (χ0) is 12.3. The van der Waals surface area contributed by atoms with Crippen LogP contribution in [-0.2, 0) is 0 Å². The molecule has 0 bridgehead atoms. The molecule has 0 aliphatic rings. The van der Waals surface area contributed by atoms with Crippen LogP contribution in [0.15, 0.2) is 48.5 Å². The highest BCUT2D eigenvalue weighted by molar-refractivity contribution is 5.68. The molecular weight excluding hydrogens is 210 g/mol. The van der Waals surface area contributed by atoms with E-state index < -0.39 is 0 Å². The van der Waals surface area contributed by atoms with E-state index in [9.17, 15) is 0 Å². The number of rotatable bonds is 3. The van der Waals surface area contributed by atoms with E-state index in [1.807, 2.05) is 30.3 Å². The highest BCUT2D eigenvalue weighted by Crippen LogP contribution is 2.26. The fraction of sp³-hybridized carbons (Fsp3) is 0.200. The molecule has 1 atom stereocenters. The Hall–Kier alpha value is -1.64. The summed E-state index contributed by atoms with van der Waals surface area (Å²) in [5, 5.41) is 9.09. The number of hydrogen-bond acceptors (Lipinski definition) is 2. The fourth-order valence-electron chi connectivity index (χ4n) is 1.90. The third-order valence-corrected chi connectivity index (χ3v) is 2.97. The molecule has 0 saturated carbocycles. The highest BCUT2D eigenvalue weighted by Gasteiger charge is 2.08. The third kappa shape index (κ3) is 2.54. The average molecular weight is 227 g/mol. The number of aryl methyl sites for hydroxylation is 1. The minimum absolute atomic E-state index is 0.0305. The third-order valence-electron chi connectivity index (χ3n) is 2.97. The maximum absolute atomic E-state index is 9.09. The van der Waals surface area contributed by atoms with Crippen molar-refractivity contribution in [2.75, 3.05) is 6.61 Å². The molecule has 88 valence electrons. The first kappa shape index (κ1) is 11.8. The molecule has 0 spiro atoms. The van der Waals surface area contributed by atoms with Crippen molar-refractivity contribution in [2.24, 2.45) is 5.73 Å². The summed E-state index contributed by atoms with van der Waals surface area (Å²) in [7, 11) is 0. The van der Waals surface area contributed by atoms with Crippen LogP contribution in [0.5, 0.6) is 0 Å². The summed E-state index contributed by atoms with van der Waals surface area (Å²) in [4.78, 5) is 0.